The first-order chi connectivity index (χ1) is 34.0. The van der Waals surface area contributed by atoms with E-state index in [4.69, 9.17) is 15.0 Å². The van der Waals surface area contributed by atoms with Crippen LogP contribution in [0, 0.1) is 0 Å². The number of alkyl halides is 6. The van der Waals surface area contributed by atoms with Crippen molar-refractivity contribution in [2.24, 2.45) is 0 Å². The Balaban J connectivity index is 1.23. The molecule has 338 valence electrons. The van der Waals surface area contributed by atoms with Gasteiger partial charge in [-0.05, 0) is 71.8 Å². The van der Waals surface area contributed by atoms with Crippen molar-refractivity contribution in [3.8, 4) is 67.8 Å². The Bertz CT molecular complexity index is 3800. The van der Waals surface area contributed by atoms with Crippen molar-refractivity contribution in [2.75, 3.05) is 0 Å². The molecule has 0 saturated heterocycles. The molecular formula is C59H35F6N5. The van der Waals surface area contributed by atoms with Crippen LogP contribution in [0.2, 0.25) is 0 Å². The molecule has 0 bridgehead atoms. The molecule has 0 N–H and O–H groups in total. The molecule has 0 radical (unpaired) electrons. The molecule has 12 rings (SSSR count). The van der Waals surface area contributed by atoms with Gasteiger partial charge in [0.25, 0.3) is 0 Å². The van der Waals surface area contributed by atoms with E-state index in [0.717, 1.165) is 50.4 Å². The highest BCUT2D eigenvalue weighted by Gasteiger charge is 2.37. The lowest BCUT2D eigenvalue weighted by Crippen LogP contribution is -2.11. The summed E-state index contributed by atoms with van der Waals surface area (Å²) in [7, 11) is 0. The summed E-state index contributed by atoms with van der Waals surface area (Å²) in [4.78, 5) is 14.6. The molecule has 0 unspecified atom stereocenters. The molecule has 0 fully saturated rings. The number of halogens is 6. The number of para-hydroxylation sites is 3. The Morgan fingerprint density at radius 2 is 0.671 bits per heavy atom. The second-order valence-electron chi connectivity index (χ2n) is 17.0. The molecule has 0 saturated carbocycles. The summed E-state index contributed by atoms with van der Waals surface area (Å²) in [6.07, 6.45) is -9.72. The van der Waals surface area contributed by atoms with Crippen molar-refractivity contribution in [1.29, 1.82) is 0 Å². The highest BCUT2D eigenvalue weighted by atomic mass is 19.4. The van der Waals surface area contributed by atoms with Gasteiger partial charge in [0.15, 0.2) is 17.5 Å². The number of hydrogen-bond donors (Lipinski definition) is 0. The van der Waals surface area contributed by atoms with Gasteiger partial charge in [0.1, 0.15) is 0 Å². The fourth-order valence-electron chi connectivity index (χ4n) is 9.82. The molecule has 0 aliphatic rings. The van der Waals surface area contributed by atoms with E-state index in [-0.39, 0.29) is 51.0 Å². The van der Waals surface area contributed by atoms with Gasteiger partial charge in [0, 0.05) is 55.0 Å². The number of nitrogens with zero attached hydrogens (tertiary/aromatic N) is 5. The van der Waals surface area contributed by atoms with Crippen LogP contribution in [0.5, 0.6) is 0 Å². The van der Waals surface area contributed by atoms with Crippen LogP contribution in [0.1, 0.15) is 11.1 Å². The van der Waals surface area contributed by atoms with E-state index in [1.54, 1.807) is 16.7 Å². The van der Waals surface area contributed by atoms with E-state index in [9.17, 15) is 0 Å². The Labute approximate surface area is 396 Å². The van der Waals surface area contributed by atoms with Gasteiger partial charge in [-0.3, -0.25) is 0 Å². The largest absolute Gasteiger partial charge is 0.417 e. The van der Waals surface area contributed by atoms with Gasteiger partial charge in [-0.2, -0.15) is 26.3 Å². The first-order valence-corrected chi connectivity index (χ1v) is 22.4. The molecule has 5 nitrogen and oxygen atoms in total. The van der Waals surface area contributed by atoms with Crippen LogP contribution in [-0.4, -0.2) is 24.1 Å². The third-order valence-corrected chi connectivity index (χ3v) is 12.8. The van der Waals surface area contributed by atoms with E-state index in [1.165, 1.54) is 36.4 Å². The molecule has 0 atom stereocenters. The maximum absolute atomic E-state index is 15.5. The summed E-state index contributed by atoms with van der Waals surface area (Å²) in [5, 5.41) is 3.60. The smallest absolute Gasteiger partial charge is 0.309 e. The van der Waals surface area contributed by atoms with Crippen LogP contribution in [-0.2, 0) is 12.4 Å². The SMILES string of the molecule is FC(F)(F)c1ccccc1-c1cc(-c2nc(-c3ccccc3)nc(-c3ccccc3)n2)cc(-c2ccccc2C(F)(F)F)c1-n1c2ccccc2c2cc(-n3c4ccccc4c4ccccc43)ccc21. The Hall–Kier alpha value is -8.83. The van der Waals surface area contributed by atoms with Crippen molar-refractivity contribution < 1.29 is 26.3 Å². The highest BCUT2D eigenvalue weighted by molar-refractivity contribution is 6.13. The van der Waals surface area contributed by atoms with Gasteiger partial charge in [-0.15, -0.1) is 0 Å². The predicted molar refractivity (Wildman–Crippen MR) is 266 cm³/mol. The number of aromatic nitrogens is 5. The van der Waals surface area contributed by atoms with Crippen LogP contribution in [0.25, 0.3) is 111 Å². The van der Waals surface area contributed by atoms with E-state index in [0.29, 0.717) is 22.2 Å². The van der Waals surface area contributed by atoms with Crippen LogP contribution in [0.3, 0.4) is 0 Å². The Kier molecular flexibility index (Phi) is 9.99. The summed E-state index contributed by atoms with van der Waals surface area (Å²) >= 11 is 0. The average molecular weight is 928 g/mol. The molecule has 70 heavy (non-hydrogen) atoms. The zero-order valence-corrected chi connectivity index (χ0v) is 36.7. The minimum absolute atomic E-state index is 0.00876. The average Bonchev–Trinajstić information content (AvgIpc) is 3.90. The summed E-state index contributed by atoms with van der Waals surface area (Å²) < 4.78 is 96.8. The molecule has 9 aromatic carbocycles. The van der Waals surface area contributed by atoms with Gasteiger partial charge in [0.05, 0.1) is 38.9 Å². The quantitative estimate of drug-likeness (QED) is 0.150. The van der Waals surface area contributed by atoms with Gasteiger partial charge in [0.2, 0.25) is 0 Å². The lowest BCUT2D eigenvalue weighted by Gasteiger charge is -2.24. The van der Waals surface area contributed by atoms with Crippen molar-refractivity contribution in [1.82, 2.24) is 24.1 Å². The molecule has 12 aromatic rings. The first-order valence-electron chi connectivity index (χ1n) is 22.4. The molecule has 3 aromatic heterocycles. The standard InChI is InChI=1S/C59H35F6N5/c60-58(61,62)48-26-12-7-21-40(48)46-33-38(57-67-55(36-17-3-1-4-18-36)66-56(68-57)37-19-5-2-6-20-37)34-47(41-22-8-13-27-49(41)59(63,64)65)54(46)70-52-30-16-11-25-44(52)45-35-39(31-32-53(45)70)69-50-28-14-9-23-42(50)43-24-10-15-29-51(43)69/h1-35H. The van der Waals surface area contributed by atoms with E-state index in [1.807, 2.05) is 127 Å². The monoisotopic (exact) mass is 927 g/mol. The summed E-state index contributed by atoms with van der Waals surface area (Å²) in [5.74, 6) is 0.586. The summed E-state index contributed by atoms with van der Waals surface area (Å²) in [6, 6.07) is 61.2. The fourth-order valence-corrected chi connectivity index (χ4v) is 9.82. The first kappa shape index (κ1) is 42.5. The third kappa shape index (κ3) is 7.16. The van der Waals surface area contributed by atoms with Gasteiger partial charge in [-0.1, -0.05) is 152 Å². The van der Waals surface area contributed by atoms with Crippen LogP contribution in [0.4, 0.5) is 26.3 Å². The maximum Gasteiger partial charge on any atom is 0.417 e. The third-order valence-electron chi connectivity index (χ3n) is 12.8. The van der Waals surface area contributed by atoms with E-state index < -0.39 is 23.5 Å². The van der Waals surface area contributed by atoms with Gasteiger partial charge >= 0.3 is 12.4 Å². The van der Waals surface area contributed by atoms with Crippen molar-refractivity contribution in [3.05, 3.63) is 223 Å². The molecule has 3 heterocycles. The molecule has 0 aliphatic carbocycles. The molecule has 0 spiro atoms. The normalized spacial score (nSPS) is 12.1. The topological polar surface area (TPSA) is 48.5 Å². The minimum atomic E-state index is -4.86. The zero-order chi connectivity index (χ0) is 47.7. The Morgan fingerprint density at radius 1 is 0.300 bits per heavy atom. The summed E-state index contributed by atoms with van der Waals surface area (Å²) in [5.41, 5.74) is 3.05. The highest BCUT2D eigenvalue weighted by Crippen LogP contribution is 2.49. The van der Waals surface area contributed by atoms with E-state index >= 15 is 26.3 Å². The number of hydrogen-bond acceptors (Lipinski definition) is 3. The number of rotatable bonds is 7. The van der Waals surface area contributed by atoms with E-state index in [2.05, 4.69) is 28.8 Å². The molecule has 0 amide bonds. The lowest BCUT2D eigenvalue weighted by atomic mass is 9.88. The second kappa shape index (κ2) is 16.4. The van der Waals surface area contributed by atoms with Crippen LogP contribution >= 0.6 is 0 Å². The Morgan fingerprint density at radius 3 is 1.14 bits per heavy atom. The molecular weight excluding hydrogens is 893 g/mol. The molecule has 11 heteroatoms. The van der Waals surface area contributed by atoms with Crippen molar-refractivity contribution in [3.63, 3.8) is 0 Å². The number of benzene rings is 9. The fraction of sp³-hybridized carbons (Fsp3) is 0.0339. The summed E-state index contributed by atoms with van der Waals surface area (Å²) in [6.45, 7) is 0. The van der Waals surface area contributed by atoms with Crippen molar-refractivity contribution in [2.45, 2.75) is 12.4 Å². The zero-order valence-electron chi connectivity index (χ0n) is 36.7. The second-order valence-corrected chi connectivity index (χ2v) is 17.0. The van der Waals surface area contributed by atoms with Crippen molar-refractivity contribution >= 4 is 43.6 Å². The maximum atomic E-state index is 15.5. The number of fused-ring (bicyclic) bond motifs is 6. The predicted octanol–water partition coefficient (Wildman–Crippen LogP) is 16.4. The minimum Gasteiger partial charge on any atom is -0.309 e. The van der Waals surface area contributed by atoms with Crippen LogP contribution in [0.15, 0.2) is 212 Å². The lowest BCUT2D eigenvalue weighted by molar-refractivity contribution is -0.137. The van der Waals surface area contributed by atoms with Gasteiger partial charge in [-0.25, -0.2) is 15.0 Å². The molecule has 0 aliphatic heterocycles. The van der Waals surface area contributed by atoms with Gasteiger partial charge < -0.3 is 9.13 Å². The van der Waals surface area contributed by atoms with Crippen LogP contribution < -0.4 is 0 Å².